The molecule has 1 aliphatic heterocycles. The van der Waals surface area contributed by atoms with Gasteiger partial charge in [0.1, 0.15) is 0 Å². The number of aliphatic hydroxyl groups excluding tert-OH is 1. The lowest BCUT2D eigenvalue weighted by atomic mass is 9.74. The van der Waals surface area contributed by atoms with E-state index in [1.165, 1.54) is 43.5 Å². The Morgan fingerprint density at radius 3 is 2.75 bits per heavy atom. The maximum Gasteiger partial charge on any atom is 0.0587 e. The van der Waals surface area contributed by atoms with Gasteiger partial charge in [0.05, 0.1) is 6.10 Å². The molecule has 2 aliphatic carbocycles. The largest absolute Gasteiger partial charge is 0.393 e. The molecular weight excluding hydrogens is 266 g/mol. The Kier molecular flexibility index (Phi) is 3.61. The first-order chi connectivity index (χ1) is 9.79. The van der Waals surface area contributed by atoms with Crippen LogP contribution in [0.15, 0.2) is 12.1 Å². The summed E-state index contributed by atoms with van der Waals surface area (Å²) < 4.78 is 0. The van der Waals surface area contributed by atoms with Crippen LogP contribution < -0.4 is 0 Å². The summed E-state index contributed by atoms with van der Waals surface area (Å²) in [5, 5.41) is 9.75. The molecule has 110 valence electrons. The Morgan fingerprint density at radius 2 is 2.00 bits per heavy atom. The molecule has 1 aromatic heterocycles. The van der Waals surface area contributed by atoms with E-state index in [9.17, 15) is 5.11 Å². The first-order valence-corrected chi connectivity index (χ1v) is 9.10. The van der Waals surface area contributed by atoms with Gasteiger partial charge in [0, 0.05) is 35.3 Å². The van der Waals surface area contributed by atoms with E-state index in [0.29, 0.717) is 5.92 Å². The molecule has 2 nitrogen and oxygen atoms in total. The molecule has 3 aliphatic rings. The van der Waals surface area contributed by atoms with Crippen LogP contribution in [0, 0.1) is 11.8 Å². The lowest BCUT2D eigenvalue weighted by Crippen LogP contribution is -2.39. The minimum absolute atomic E-state index is 0.00821. The SMILES string of the molecule is O[C@H]1C[C@@H]2CN(Cc3ccc(C4CCCCC4)s3)C[C@@H]21. The van der Waals surface area contributed by atoms with Crippen molar-refractivity contribution >= 4 is 11.3 Å². The third-order valence-electron chi connectivity index (χ3n) is 5.68. The number of fused-ring (bicyclic) bond motifs is 1. The summed E-state index contributed by atoms with van der Waals surface area (Å²) in [7, 11) is 0. The molecule has 0 amide bonds. The molecule has 2 saturated carbocycles. The average molecular weight is 291 g/mol. The standard InChI is InChI=1S/C17H25NOS/c19-16-8-13-9-18(11-15(13)16)10-14-6-7-17(20-14)12-4-2-1-3-5-12/h6-7,12-13,15-16,19H,1-5,8-11H2/t13-,15+,16+/m1/s1. The summed E-state index contributed by atoms with van der Waals surface area (Å²) in [4.78, 5) is 5.71. The van der Waals surface area contributed by atoms with Crippen LogP contribution in [0.25, 0.3) is 0 Å². The molecule has 1 aromatic rings. The number of aliphatic hydroxyl groups is 1. The molecule has 0 spiro atoms. The minimum atomic E-state index is -0.00821. The van der Waals surface area contributed by atoms with Gasteiger partial charge in [-0.25, -0.2) is 0 Å². The molecule has 1 N–H and O–H groups in total. The predicted molar refractivity (Wildman–Crippen MR) is 83.0 cm³/mol. The summed E-state index contributed by atoms with van der Waals surface area (Å²) in [5.74, 6) is 2.20. The van der Waals surface area contributed by atoms with Crippen molar-refractivity contribution in [2.24, 2.45) is 11.8 Å². The molecule has 4 rings (SSSR count). The Labute approximate surface area is 125 Å². The fourth-order valence-corrected chi connectivity index (χ4v) is 5.62. The molecule has 3 atom stereocenters. The van der Waals surface area contributed by atoms with E-state index in [1.807, 2.05) is 11.3 Å². The summed E-state index contributed by atoms with van der Waals surface area (Å²) in [6.45, 7) is 3.43. The van der Waals surface area contributed by atoms with Gasteiger partial charge < -0.3 is 5.11 Å². The quantitative estimate of drug-likeness (QED) is 0.919. The van der Waals surface area contributed by atoms with Crippen LogP contribution in [0.3, 0.4) is 0 Å². The highest BCUT2D eigenvalue weighted by molar-refractivity contribution is 7.12. The molecule has 2 heterocycles. The number of hydrogen-bond donors (Lipinski definition) is 1. The smallest absolute Gasteiger partial charge is 0.0587 e. The summed E-state index contributed by atoms with van der Waals surface area (Å²) in [6, 6.07) is 4.74. The highest BCUT2D eigenvalue weighted by Crippen LogP contribution is 2.42. The number of nitrogens with zero attached hydrogens (tertiary/aromatic N) is 1. The third kappa shape index (κ3) is 2.44. The Hall–Kier alpha value is -0.380. The molecule has 0 radical (unpaired) electrons. The fraction of sp³-hybridized carbons (Fsp3) is 0.765. The van der Waals surface area contributed by atoms with E-state index in [-0.39, 0.29) is 6.10 Å². The van der Waals surface area contributed by atoms with Crippen molar-refractivity contribution in [3.05, 3.63) is 21.9 Å². The fourth-order valence-electron chi connectivity index (χ4n) is 4.40. The zero-order valence-corrected chi connectivity index (χ0v) is 12.9. The van der Waals surface area contributed by atoms with Crippen molar-refractivity contribution in [3.63, 3.8) is 0 Å². The molecule has 0 aromatic carbocycles. The third-order valence-corrected chi connectivity index (χ3v) is 6.91. The lowest BCUT2D eigenvalue weighted by Gasteiger charge is -2.35. The number of likely N-dealkylation sites (tertiary alicyclic amines) is 1. The normalized spacial score (nSPS) is 35.0. The molecule has 3 fully saturated rings. The molecule has 1 saturated heterocycles. The van der Waals surface area contributed by atoms with Crippen molar-refractivity contribution in [2.45, 2.75) is 57.1 Å². The van der Waals surface area contributed by atoms with Crippen molar-refractivity contribution < 1.29 is 5.11 Å². The molecule has 3 heteroatoms. The summed E-state index contributed by atoms with van der Waals surface area (Å²) in [5.41, 5.74) is 0. The van der Waals surface area contributed by atoms with E-state index < -0.39 is 0 Å². The maximum absolute atomic E-state index is 9.75. The van der Waals surface area contributed by atoms with Crippen LogP contribution in [-0.2, 0) is 6.54 Å². The van der Waals surface area contributed by atoms with Gasteiger partial charge in [0.25, 0.3) is 0 Å². The second-order valence-electron chi connectivity index (χ2n) is 7.06. The van der Waals surface area contributed by atoms with Crippen LogP contribution >= 0.6 is 11.3 Å². The van der Waals surface area contributed by atoms with E-state index >= 15 is 0 Å². The zero-order valence-electron chi connectivity index (χ0n) is 12.1. The van der Waals surface area contributed by atoms with Crippen LogP contribution in [0.4, 0.5) is 0 Å². The highest BCUT2D eigenvalue weighted by atomic mass is 32.1. The second-order valence-corrected chi connectivity index (χ2v) is 8.26. The molecule has 0 unspecified atom stereocenters. The minimum Gasteiger partial charge on any atom is -0.393 e. The Balaban J connectivity index is 1.36. The molecule has 0 bridgehead atoms. The monoisotopic (exact) mass is 291 g/mol. The zero-order chi connectivity index (χ0) is 13.5. The van der Waals surface area contributed by atoms with Gasteiger partial charge in [-0.3, -0.25) is 4.90 Å². The van der Waals surface area contributed by atoms with Gasteiger partial charge in [-0.05, 0) is 43.2 Å². The first-order valence-electron chi connectivity index (χ1n) is 8.28. The van der Waals surface area contributed by atoms with Crippen LogP contribution in [0.1, 0.15) is 54.2 Å². The van der Waals surface area contributed by atoms with Crippen LogP contribution in [0.2, 0.25) is 0 Å². The van der Waals surface area contributed by atoms with E-state index in [2.05, 4.69) is 17.0 Å². The van der Waals surface area contributed by atoms with E-state index in [1.54, 1.807) is 4.88 Å². The lowest BCUT2D eigenvalue weighted by molar-refractivity contribution is -0.00434. The number of thiophene rings is 1. The highest BCUT2D eigenvalue weighted by Gasteiger charge is 2.45. The van der Waals surface area contributed by atoms with Crippen molar-refractivity contribution in [1.29, 1.82) is 0 Å². The topological polar surface area (TPSA) is 23.5 Å². The average Bonchev–Trinajstić information content (AvgIpc) is 3.05. The second kappa shape index (κ2) is 5.43. The molecular formula is C17H25NOS. The number of hydrogen-bond acceptors (Lipinski definition) is 3. The van der Waals surface area contributed by atoms with Gasteiger partial charge in [-0.2, -0.15) is 0 Å². The Morgan fingerprint density at radius 1 is 1.15 bits per heavy atom. The summed E-state index contributed by atoms with van der Waals surface area (Å²) in [6.07, 6.45) is 8.12. The van der Waals surface area contributed by atoms with E-state index in [4.69, 9.17) is 0 Å². The van der Waals surface area contributed by atoms with Crippen molar-refractivity contribution in [1.82, 2.24) is 4.90 Å². The van der Waals surface area contributed by atoms with Crippen LogP contribution in [-0.4, -0.2) is 29.2 Å². The van der Waals surface area contributed by atoms with Gasteiger partial charge in [-0.15, -0.1) is 11.3 Å². The first kappa shape index (κ1) is 13.3. The van der Waals surface area contributed by atoms with Gasteiger partial charge in [0.2, 0.25) is 0 Å². The number of rotatable bonds is 3. The van der Waals surface area contributed by atoms with Crippen LogP contribution in [0.5, 0.6) is 0 Å². The molecule has 20 heavy (non-hydrogen) atoms. The van der Waals surface area contributed by atoms with Crippen molar-refractivity contribution in [3.8, 4) is 0 Å². The maximum atomic E-state index is 9.75. The Bertz CT molecular complexity index is 465. The van der Waals surface area contributed by atoms with Gasteiger partial charge in [0.15, 0.2) is 0 Å². The van der Waals surface area contributed by atoms with Gasteiger partial charge in [-0.1, -0.05) is 19.3 Å². The van der Waals surface area contributed by atoms with E-state index in [0.717, 1.165) is 31.3 Å². The summed E-state index contributed by atoms with van der Waals surface area (Å²) >= 11 is 2.05. The van der Waals surface area contributed by atoms with Gasteiger partial charge >= 0.3 is 0 Å². The predicted octanol–water partition coefficient (Wildman–Crippen LogP) is 3.61. The van der Waals surface area contributed by atoms with Crippen molar-refractivity contribution in [2.75, 3.05) is 13.1 Å².